The van der Waals surface area contributed by atoms with Gasteiger partial charge >= 0.3 is 0 Å². The summed E-state index contributed by atoms with van der Waals surface area (Å²) in [5, 5.41) is 8.52. The van der Waals surface area contributed by atoms with Crippen LogP contribution in [0.3, 0.4) is 0 Å². The molecule has 1 fully saturated rings. The van der Waals surface area contributed by atoms with Crippen LogP contribution in [0.1, 0.15) is 47.1 Å². The van der Waals surface area contributed by atoms with Gasteiger partial charge in [0.05, 0.1) is 5.01 Å². The van der Waals surface area contributed by atoms with Gasteiger partial charge in [-0.2, -0.15) is 0 Å². The summed E-state index contributed by atoms with van der Waals surface area (Å²) in [6, 6.07) is 11.1. The first-order chi connectivity index (χ1) is 17.3. The number of piperidine rings is 1. The zero-order valence-electron chi connectivity index (χ0n) is 19.7. The Kier molecular flexibility index (Phi) is 8.32. The Balaban J connectivity index is 1.38. The van der Waals surface area contributed by atoms with Crippen LogP contribution in [0.2, 0.25) is 5.02 Å². The zero-order chi connectivity index (χ0) is 25.7. The van der Waals surface area contributed by atoms with E-state index in [0.717, 1.165) is 23.4 Å². The van der Waals surface area contributed by atoms with E-state index in [1.807, 2.05) is 0 Å². The minimum Gasteiger partial charge on any atom is -0.359 e. The second-order valence-corrected chi connectivity index (χ2v) is 9.88. The molecule has 3 aromatic rings. The van der Waals surface area contributed by atoms with Gasteiger partial charge < -0.3 is 15.5 Å². The molecule has 2 N–H and O–H groups in total. The minimum atomic E-state index is -0.410. The van der Waals surface area contributed by atoms with Gasteiger partial charge in [-0.25, -0.2) is 9.37 Å². The third-order valence-corrected chi connectivity index (χ3v) is 7.44. The molecule has 0 spiro atoms. The summed E-state index contributed by atoms with van der Waals surface area (Å²) in [5.41, 5.74) is 2.04. The third kappa shape index (κ3) is 6.27. The van der Waals surface area contributed by atoms with Crippen LogP contribution in [0.15, 0.2) is 47.8 Å². The van der Waals surface area contributed by atoms with Gasteiger partial charge in [-0.1, -0.05) is 23.7 Å². The summed E-state index contributed by atoms with van der Waals surface area (Å²) in [7, 11) is 1.55. The molecule has 3 amide bonds. The average Bonchev–Trinajstić information content (AvgIpc) is 3.39. The Bertz CT molecular complexity index is 1260. The van der Waals surface area contributed by atoms with Crippen LogP contribution in [0, 0.1) is 5.82 Å². The number of halogens is 2. The lowest BCUT2D eigenvalue weighted by Crippen LogP contribution is -2.38. The number of likely N-dealkylation sites (tertiary alicyclic amines) is 1. The molecule has 2 heterocycles. The normalized spacial score (nSPS) is 13.9. The number of hydrogen-bond acceptors (Lipinski definition) is 5. The number of hydrogen-bond donors (Lipinski definition) is 2. The number of carbonyl (C=O) groups is 3. The van der Waals surface area contributed by atoms with E-state index >= 15 is 0 Å². The van der Waals surface area contributed by atoms with Gasteiger partial charge in [0.2, 0.25) is 11.8 Å². The summed E-state index contributed by atoms with van der Waals surface area (Å²) in [6.07, 6.45) is 1.89. The fourth-order valence-corrected chi connectivity index (χ4v) is 5.24. The molecule has 10 heteroatoms. The lowest BCUT2D eigenvalue weighted by molar-refractivity contribution is -0.134. The maximum Gasteiger partial charge on any atom is 0.275 e. The molecular weight excluding hydrogens is 503 g/mol. The highest BCUT2D eigenvalue weighted by Gasteiger charge is 2.26. The van der Waals surface area contributed by atoms with Crippen molar-refractivity contribution in [1.82, 2.24) is 15.2 Å². The van der Waals surface area contributed by atoms with Crippen LogP contribution in [0.5, 0.6) is 0 Å². The number of anilines is 1. The van der Waals surface area contributed by atoms with Crippen molar-refractivity contribution in [2.24, 2.45) is 0 Å². The van der Waals surface area contributed by atoms with Crippen molar-refractivity contribution in [2.45, 2.75) is 31.6 Å². The highest BCUT2D eigenvalue weighted by molar-refractivity contribution is 7.10. The predicted octanol–water partition coefficient (Wildman–Crippen LogP) is 5.09. The molecule has 0 aliphatic carbocycles. The number of nitrogens with zero attached hydrogens (tertiary/aromatic N) is 2. The molecule has 2 aromatic carbocycles. The van der Waals surface area contributed by atoms with Gasteiger partial charge in [-0.05, 0) is 48.7 Å². The molecule has 1 aromatic heterocycles. The summed E-state index contributed by atoms with van der Waals surface area (Å²) >= 11 is 7.39. The van der Waals surface area contributed by atoms with Gasteiger partial charge in [-0.15, -0.1) is 11.3 Å². The van der Waals surface area contributed by atoms with Crippen LogP contribution in [0.25, 0.3) is 11.1 Å². The molecule has 188 valence electrons. The molecule has 1 aliphatic heterocycles. The zero-order valence-corrected chi connectivity index (χ0v) is 21.3. The maximum absolute atomic E-state index is 14.0. The largest absolute Gasteiger partial charge is 0.359 e. The summed E-state index contributed by atoms with van der Waals surface area (Å²) in [4.78, 5) is 43.0. The van der Waals surface area contributed by atoms with Crippen LogP contribution < -0.4 is 10.6 Å². The van der Waals surface area contributed by atoms with E-state index in [0.29, 0.717) is 35.1 Å². The molecule has 1 saturated heterocycles. The van der Waals surface area contributed by atoms with Gasteiger partial charge in [-0.3, -0.25) is 14.4 Å². The van der Waals surface area contributed by atoms with E-state index in [2.05, 4.69) is 15.6 Å². The fraction of sp³-hybridized carbons (Fsp3) is 0.308. The van der Waals surface area contributed by atoms with Gasteiger partial charge in [0.15, 0.2) is 0 Å². The number of carbonyl (C=O) groups excluding carboxylic acids is 3. The van der Waals surface area contributed by atoms with Crippen molar-refractivity contribution >= 4 is 46.3 Å². The lowest BCUT2D eigenvalue weighted by Gasteiger charge is -2.31. The number of nitrogens with one attached hydrogen (secondary N) is 2. The quantitative estimate of drug-likeness (QED) is 0.447. The van der Waals surface area contributed by atoms with E-state index in [1.54, 1.807) is 41.6 Å². The standard InChI is InChI=1S/C26H26ClFN4O3S/c1-29-23(33)8-9-24(34)32-12-10-17(11-13-32)26-31-22(15-36-26)25(35)30-21-7-6-19(28)14-20(21)16-2-4-18(27)5-3-16/h2-7,14-15,17H,8-13H2,1H3,(H,29,33)(H,30,35). The van der Waals surface area contributed by atoms with E-state index in [4.69, 9.17) is 11.6 Å². The van der Waals surface area contributed by atoms with E-state index < -0.39 is 5.82 Å². The predicted molar refractivity (Wildman–Crippen MR) is 139 cm³/mol. The van der Waals surface area contributed by atoms with Crippen LogP contribution in [0.4, 0.5) is 10.1 Å². The van der Waals surface area contributed by atoms with Crippen LogP contribution >= 0.6 is 22.9 Å². The van der Waals surface area contributed by atoms with Crippen LogP contribution in [-0.4, -0.2) is 47.7 Å². The van der Waals surface area contributed by atoms with Crippen molar-refractivity contribution < 1.29 is 18.8 Å². The van der Waals surface area contributed by atoms with Crippen molar-refractivity contribution in [3.63, 3.8) is 0 Å². The summed E-state index contributed by atoms with van der Waals surface area (Å²) in [6.45, 7) is 1.19. The van der Waals surface area contributed by atoms with Gasteiger partial charge in [0.1, 0.15) is 11.5 Å². The highest BCUT2D eigenvalue weighted by atomic mass is 35.5. The first-order valence-corrected chi connectivity index (χ1v) is 12.9. The highest BCUT2D eigenvalue weighted by Crippen LogP contribution is 2.32. The van der Waals surface area contributed by atoms with Crippen molar-refractivity contribution in [3.8, 4) is 11.1 Å². The van der Waals surface area contributed by atoms with Crippen molar-refractivity contribution in [1.29, 1.82) is 0 Å². The molecular formula is C26H26ClFN4O3S. The fourth-order valence-electron chi connectivity index (χ4n) is 4.14. The van der Waals surface area contributed by atoms with Gasteiger partial charge in [0.25, 0.3) is 5.91 Å². The molecule has 0 unspecified atom stereocenters. The van der Waals surface area contributed by atoms with Crippen LogP contribution in [-0.2, 0) is 9.59 Å². The average molecular weight is 529 g/mol. The Morgan fingerprint density at radius 2 is 1.83 bits per heavy atom. The topological polar surface area (TPSA) is 91.4 Å². The Hall–Kier alpha value is -3.30. The Morgan fingerprint density at radius 3 is 2.53 bits per heavy atom. The first kappa shape index (κ1) is 25.8. The van der Waals surface area contributed by atoms with Gasteiger partial charge in [0, 0.05) is 60.6 Å². The molecule has 0 saturated carbocycles. The van der Waals surface area contributed by atoms with Crippen molar-refractivity contribution in [2.75, 3.05) is 25.5 Å². The Morgan fingerprint density at radius 1 is 1.11 bits per heavy atom. The summed E-state index contributed by atoms with van der Waals surface area (Å²) < 4.78 is 14.0. The number of amides is 3. The summed E-state index contributed by atoms with van der Waals surface area (Å²) in [5.74, 6) is -0.789. The molecule has 1 aliphatic rings. The molecule has 36 heavy (non-hydrogen) atoms. The van der Waals surface area contributed by atoms with E-state index in [1.165, 1.54) is 29.5 Å². The smallest absolute Gasteiger partial charge is 0.275 e. The second-order valence-electron chi connectivity index (χ2n) is 8.55. The third-order valence-electron chi connectivity index (χ3n) is 6.18. The molecule has 0 atom stereocenters. The SMILES string of the molecule is CNC(=O)CCC(=O)N1CCC(c2nc(C(=O)Nc3ccc(F)cc3-c3ccc(Cl)cc3)cs2)CC1. The lowest BCUT2D eigenvalue weighted by atomic mass is 9.97. The molecule has 7 nitrogen and oxygen atoms in total. The first-order valence-electron chi connectivity index (χ1n) is 11.6. The van der Waals surface area contributed by atoms with E-state index in [-0.39, 0.29) is 36.5 Å². The number of benzene rings is 2. The molecule has 0 radical (unpaired) electrons. The monoisotopic (exact) mass is 528 g/mol. The number of aromatic nitrogens is 1. The number of rotatable bonds is 7. The number of thiazole rings is 1. The minimum absolute atomic E-state index is 0.0213. The van der Waals surface area contributed by atoms with E-state index in [9.17, 15) is 18.8 Å². The maximum atomic E-state index is 14.0. The Labute approximate surface area is 217 Å². The molecule has 0 bridgehead atoms. The second kappa shape index (κ2) is 11.6. The van der Waals surface area contributed by atoms with Crippen molar-refractivity contribution in [3.05, 3.63) is 69.4 Å². The molecule has 4 rings (SSSR count).